The number of carbonyl (C=O) groups excluding carboxylic acids is 2. The number of carboxylic acid groups (broad SMARTS) is 1. The van der Waals surface area contributed by atoms with E-state index in [0.717, 1.165) is 52.6 Å². The van der Waals surface area contributed by atoms with Crippen LogP contribution in [0, 0.1) is 0 Å². The van der Waals surface area contributed by atoms with Gasteiger partial charge in [-0.1, -0.05) is 79.2 Å². The lowest BCUT2D eigenvalue weighted by atomic mass is 9.99. The van der Waals surface area contributed by atoms with Gasteiger partial charge < -0.3 is 30.3 Å². The molecule has 0 aromatic heterocycles. The zero-order chi connectivity index (χ0) is 35.3. The SMILES string of the molecule is CC(=O)NCCCCCC(=O)NCc1cccc(-c2cccc(C3OC(CSc4ccccc4C(=O)O)CC(c4ccc(CO)cc4)O3)c2)c1. The number of aromatic carboxylic acids is 1. The Morgan fingerprint density at radius 1 is 0.800 bits per heavy atom. The molecule has 1 aliphatic heterocycles. The van der Waals surface area contributed by atoms with Crippen molar-refractivity contribution >= 4 is 29.5 Å². The minimum absolute atomic E-state index is 0.00300. The number of carbonyl (C=O) groups is 3. The summed E-state index contributed by atoms with van der Waals surface area (Å²) in [6.45, 7) is 2.52. The number of thioether (sulfide) groups is 1. The predicted octanol–water partition coefficient (Wildman–Crippen LogP) is 7.19. The van der Waals surface area contributed by atoms with E-state index in [9.17, 15) is 24.6 Å². The zero-order valence-corrected chi connectivity index (χ0v) is 29.0. The maximum absolute atomic E-state index is 12.4. The summed E-state index contributed by atoms with van der Waals surface area (Å²) in [6, 6.07) is 30.8. The Morgan fingerprint density at radius 3 is 2.32 bits per heavy atom. The quantitative estimate of drug-likeness (QED) is 0.0715. The molecule has 9 nitrogen and oxygen atoms in total. The Morgan fingerprint density at radius 2 is 1.56 bits per heavy atom. The fourth-order valence-electron chi connectivity index (χ4n) is 5.84. The van der Waals surface area contributed by atoms with Crippen LogP contribution in [0.2, 0.25) is 0 Å². The molecule has 3 atom stereocenters. The minimum atomic E-state index is -0.962. The van der Waals surface area contributed by atoms with E-state index < -0.39 is 12.3 Å². The molecule has 0 spiro atoms. The summed E-state index contributed by atoms with van der Waals surface area (Å²) in [7, 11) is 0. The summed E-state index contributed by atoms with van der Waals surface area (Å²) in [4.78, 5) is 35.9. The van der Waals surface area contributed by atoms with E-state index in [1.807, 2.05) is 72.8 Å². The van der Waals surface area contributed by atoms with E-state index in [0.29, 0.717) is 36.6 Å². The molecule has 10 heteroatoms. The maximum atomic E-state index is 12.4. The summed E-state index contributed by atoms with van der Waals surface area (Å²) in [6.07, 6.45) is 2.38. The second-order valence-corrected chi connectivity index (χ2v) is 13.4. The van der Waals surface area contributed by atoms with Crippen molar-refractivity contribution in [3.63, 3.8) is 0 Å². The molecule has 4 aromatic rings. The van der Waals surface area contributed by atoms with Crippen LogP contribution in [0.4, 0.5) is 0 Å². The lowest BCUT2D eigenvalue weighted by Gasteiger charge is -2.36. The highest BCUT2D eigenvalue weighted by Crippen LogP contribution is 2.40. The molecule has 4 aromatic carbocycles. The third-order valence-electron chi connectivity index (χ3n) is 8.52. The van der Waals surface area contributed by atoms with E-state index >= 15 is 0 Å². The van der Waals surface area contributed by atoms with Crippen LogP contribution < -0.4 is 10.6 Å². The molecular weight excluding hydrogens is 653 g/mol. The summed E-state index contributed by atoms with van der Waals surface area (Å²) in [5.41, 5.74) is 5.90. The van der Waals surface area contributed by atoms with Gasteiger partial charge in [0.2, 0.25) is 11.8 Å². The topological polar surface area (TPSA) is 134 Å². The molecule has 1 saturated heterocycles. The maximum Gasteiger partial charge on any atom is 0.336 e. The first-order valence-electron chi connectivity index (χ1n) is 16.9. The van der Waals surface area contributed by atoms with Crippen molar-refractivity contribution in [1.29, 1.82) is 0 Å². The van der Waals surface area contributed by atoms with Gasteiger partial charge in [0.05, 0.1) is 24.4 Å². The van der Waals surface area contributed by atoms with Gasteiger partial charge in [0, 0.05) is 49.1 Å². The van der Waals surface area contributed by atoms with Crippen LogP contribution in [0.15, 0.2) is 102 Å². The number of aliphatic hydroxyl groups excluding tert-OH is 1. The summed E-state index contributed by atoms with van der Waals surface area (Å²) >= 11 is 1.46. The summed E-state index contributed by atoms with van der Waals surface area (Å²) in [5.74, 6) is -0.456. The monoisotopic (exact) mass is 696 g/mol. The van der Waals surface area contributed by atoms with Crippen molar-refractivity contribution in [2.45, 2.75) is 75.6 Å². The van der Waals surface area contributed by atoms with Crippen LogP contribution in [-0.4, -0.2) is 46.4 Å². The first-order valence-corrected chi connectivity index (χ1v) is 17.9. The predicted molar refractivity (Wildman–Crippen MR) is 193 cm³/mol. The molecular formula is C40H44N2O7S. The Hall–Kier alpha value is -4.48. The Bertz CT molecular complexity index is 1750. The van der Waals surface area contributed by atoms with E-state index in [1.165, 1.54) is 18.7 Å². The highest BCUT2D eigenvalue weighted by molar-refractivity contribution is 7.99. The number of rotatable bonds is 16. The van der Waals surface area contributed by atoms with Crippen molar-refractivity contribution in [2.75, 3.05) is 12.3 Å². The molecule has 4 N–H and O–H groups in total. The standard InChI is InChI=1S/C40H44N2O7S/c1-27(44)41-20-6-2-3-15-38(45)42-24-29-9-7-10-31(21-29)32-11-8-12-33(22-32)40-48-34(26-50-37-14-5-4-13-35(37)39(46)47)23-36(49-40)30-18-16-28(25-43)17-19-30/h4-5,7-14,16-19,21-22,34,36,40,43H,2-3,6,15,20,23-26H2,1H3,(H,41,44)(H,42,45)(H,46,47). The van der Waals surface area contributed by atoms with Crippen LogP contribution >= 0.6 is 11.8 Å². The molecule has 0 bridgehead atoms. The number of aliphatic hydroxyl groups is 1. The van der Waals surface area contributed by atoms with Crippen molar-refractivity contribution in [3.05, 3.63) is 125 Å². The molecule has 0 saturated carbocycles. The number of hydrogen-bond acceptors (Lipinski definition) is 7. The second-order valence-electron chi connectivity index (χ2n) is 12.4. The normalized spacial score (nSPS) is 17.2. The van der Waals surface area contributed by atoms with Gasteiger partial charge >= 0.3 is 5.97 Å². The number of ether oxygens (including phenoxy) is 2. The van der Waals surface area contributed by atoms with Crippen LogP contribution in [0.25, 0.3) is 11.1 Å². The van der Waals surface area contributed by atoms with Crippen LogP contribution in [-0.2, 0) is 32.2 Å². The van der Waals surface area contributed by atoms with E-state index in [2.05, 4.69) is 22.8 Å². The number of carboxylic acids is 1. The molecule has 2 amide bonds. The summed E-state index contributed by atoms with van der Waals surface area (Å²) < 4.78 is 13.1. The van der Waals surface area contributed by atoms with Gasteiger partial charge in [-0.3, -0.25) is 9.59 Å². The van der Waals surface area contributed by atoms with Crippen LogP contribution in [0.3, 0.4) is 0 Å². The Labute approximate surface area is 297 Å². The van der Waals surface area contributed by atoms with Crippen molar-refractivity contribution in [2.24, 2.45) is 0 Å². The first-order chi connectivity index (χ1) is 24.3. The van der Waals surface area contributed by atoms with Crippen molar-refractivity contribution in [1.82, 2.24) is 10.6 Å². The van der Waals surface area contributed by atoms with Gasteiger partial charge in [0.15, 0.2) is 6.29 Å². The molecule has 1 aliphatic rings. The first kappa shape index (κ1) is 36.8. The second kappa shape index (κ2) is 18.5. The highest BCUT2D eigenvalue weighted by Gasteiger charge is 2.32. The summed E-state index contributed by atoms with van der Waals surface area (Å²) in [5, 5.41) is 25.0. The van der Waals surface area contributed by atoms with Gasteiger partial charge in [0.1, 0.15) is 0 Å². The third-order valence-corrected chi connectivity index (χ3v) is 9.73. The van der Waals surface area contributed by atoms with E-state index in [1.54, 1.807) is 12.1 Å². The third kappa shape index (κ3) is 10.8. The molecule has 1 fully saturated rings. The number of benzene rings is 4. The van der Waals surface area contributed by atoms with Gasteiger partial charge in [-0.15, -0.1) is 11.8 Å². The molecule has 5 rings (SSSR count). The lowest BCUT2D eigenvalue weighted by Crippen LogP contribution is -2.31. The fraction of sp³-hybridized carbons (Fsp3) is 0.325. The average molecular weight is 697 g/mol. The Balaban J connectivity index is 1.26. The van der Waals surface area contributed by atoms with E-state index in [-0.39, 0.29) is 36.2 Å². The van der Waals surface area contributed by atoms with Crippen LogP contribution in [0.5, 0.6) is 0 Å². The molecule has 262 valence electrons. The number of unbranched alkanes of at least 4 members (excludes halogenated alkanes) is 2. The number of nitrogens with one attached hydrogen (secondary N) is 2. The van der Waals surface area contributed by atoms with E-state index in [4.69, 9.17) is 9.47 Å². The molecule has 50 heavy (non-hydrogen) atoms. The molecule has 3 unspecified atom stereocenters. The minimum Gasteiger partial charge on any atom is -0.478 e. The smallest absolute Gasteiger partial charge is 0.336 e. The highest BCUT2D eigenvalue weighted by atomic mass is 32.2. The molecule has 0 aliphatic carbocycles. The molecule has 1 heterocycles. The average Bonchev–Trinajstić information content (AvgIpc) is 3.14. The van der Waals surface area contributed by atoms with Gasteiger partial charge in [0.25, 0.3) is 0 Å². The fourth-order valence-corrected chi connectivity index (χ4v) is 6.91. The largest absolute Gasteiger partial charge is 0.478 e. The number of hydrogen-bond donors (Lipinski definition) is 4. The van der Waals surface area contributed by atoms with Crippen molar-refractivity contribution < 1.29 is 34.1 Å². The van der Waals surface area contributed by atoms with Crippen LogP contribution in [0.1, 0.15) is 84.0 Å². The number of amides is 2. The molecule has 0 radical (unpaired) electrons. The van der Waals surface area contributed by atoms with Crippen molar-refractivity contribution in [3.8, 4) is 11.1 Å². The van der Waals surface area contributed by atoms with Gasteiger partial charge in [-0.05, 0) is 64.9 Å². The Kier molecular flexibility index (Phi) is 13.6. The zero-order valence-electron chi connectivity index (χ0n) is 28.2. The van der Waals surface area contributed by atoms with Gasteiger partial charge in [-0.2, -0.15) is 0 Å². The lowest BCUT2D eigenvalue weighted by molar-refractivity contribution is -0.245. The van der Waals surface area contributed by atoms with Gasteiger partial charge in [-0.25, -0.2) is 4.79 Å².